The van der Waals surface area contributed by atoms with Crippen LogP contribution in [0.2, 0.25) is 0 Å². The van der Waals surface area contributed by atoms with Gasteiger partial charge in [0.05, 0.1) is 22.7 Å². The molecule has 0 heterocycles. The van der Waals surface area contributed by atoms with Crippen molar-refractivity contribution in [2.75, 3.05) is 5.32 Å². The molecule has 0 aliphatic heterocycles. The zero-order valence-corrected chi connectivity index (χ0v) is 25.2. The van der Waals surface area contributed by atoms with Crippen LogP contribution in [0.15, 0.2) is 109 Å². The second kappa shape index (κ2) is 12.1. The van der Waals surface area contributed by atoms with Crippen LogP contribution in [0.1, 0.15) is 22.3 Å². The van der Waals surface area contributed by atoms with Gasteiger partial charge >= 0.3 is 0 Å². The van der Waals surface area contributed by atoms with E-state index in [0.29, 0.717) is 44.8 Å². The Hall–Kier alpha value is -5.33. The maximum absolute atomic E-state index is 12.4. The number of nitrogens with zero attached hydrogens (tertiary/aromatic N) is 5. The molecule has 0 saturated heterocycles. The van der Waals surface area contributed by atoms with Crippen molar-refractivity contribution in [2.24, 2.45) is 25.6 Å². The van der Waals surface area contributed by atoms with Gasteiger partial charge in [-0.05, 0) is 116 Å². The van der Waals surface area contributed by atoms with E-state index < -0.39 is 20.8 Å². The average molecular weight is 608 g/mol. The van der Waals surface area contributed by atoms with Crippen LogP contribution in [0.3, 0.4) is 0 Å². The monoisotopic (exact) mass is 607 g/mol. The average Bonchev–Trinajstić information content (AvgIpc) is 2.98. The van der Waals surface area contributed by atoms with E-state index in [1.54, 1.807) is 43.3 Å². The van der Waals surface area contributed by atoms with E-state index in [2.05, 4.69) is 30.9 Å². The number of phenolic OH excluding ortho intramolecular Hbond substituents is 1. The lowest BCUT2D eigenvalue weighted by Crippen LogP contribution is -1.99. The SMILES string of the molecule is Cc1cc(N=Nc2cc(C)c(N=Nc3c(S(=O)(=O)O)cc4cc(Nc5ccccc5)ccc4c3O)cc2C)c(C)cc1N=N. The highest BCUT2D eigenvalue weighted by atomic mass is 32.2. The number of nitrogens with one attached hydrogen (secondary N) is 2. The smallest absolute Gasteiger partial charge is 0.296 e. The lowest BCUT2D eigenvalue weighted by Gasteiger charge is -2.12. The molecule has 0 atom stereocenters. The number of aromatic hydroxyl groups is 1. The Morgan fingerprint density at radius 1 is 0.659 bits per heavy atom. The number of fused-ring (bicyclic) bond motifs is 1. The van der Waals surface area contributed by atoms with E-state index in [4.69, 9.17) is 5.53 Å². The van der Waals surface area contributed by atoms with Crippen LogP contribution in [0.4, 0.5) is 39.8 Å². The molecular weight excluding hydrogens is 578 g/mol. The Bertz CT molecular complexity index is 2090. The van der Waals surface area contributed by atoms with Crippen molar-refractivity contribution in [1.29, 1.82) is 5.53 Å². The summed E-state index contributed by atoms with van der Waals surface area (Å²) in [6.07, 6.45) is 0. The molecule has 0 fully saturated rings. The first-order valence-electron chi connectivity index (χ1n) is 13.5. The third-order valence-electron chi connectivity index (χ3n) is 7.06. The summed E-state index contributed by atoms with van der Waals surface area (Å²) in [7, 11) is -4.77. The summed E-state index contributed by atoms with van der Waals surface area (Å²) in [6.45, 7) is 7.33. The van der Waals surface area contributed by atoms with Gasteiger partial charge in [-0.1, -0.05) is 18.2 Å². The zero-order chi connectivity index (χ0) is 31.6. The molecule has 0 aliphatic carbocycles. The fourth-order valence-electron chi connectivity index (χ4n) is 4.64. The number of para-hydroxylation sites is 1. The summed E-state index contributed by atoms with van der Waals surface area (Å²) in [5.41, 5.74) is 13.7. The number of hydrogen-bond donors (Lipinski definition) is 4. The van der Waals surface area contributed by atoms with Gasteiger partial charge in [0, 0.05) is 16.8 Å². The van der Waals surface area contributed by atoms with Gasteiger partial charge in [0.15, 0.2) is 5.75 Å². The van der Waals surface area contributed by atoms with Gasteiger partial charge in [0.1, 0.15) is 10.6 Å². The minimum Gasteiger partial charge on any atom is -0.505 e. The van der Waals surface area contributed by atoms with Crippen molar-refractivity contribution in [2.45, 2.75) is 32.6 Å². The van der Waals surface area contributed by atoms with Crippen molar-refractivity contribution in [3.05, 3.63) is 101 Å². The van der Waals surface area contributed by atoms with Gasteiger partial charge < -0.3 is 10.4 Å². The van der Waals surface area contributed by atoms with Gasteiger partial charge in [-0.15, -0.1) is 5.11 Å². The molecule has 0 unspecified atom stereocenters. The maximum atomic E-state index is 12.4. The molecule has 5 aromatic carbocycles. The molecule has 44 heavy (non-hydrogen) atoms. The van der Waals surface area contributed by atoms with Crippen molar-refractivity contribution >= 4 is 60.7 Å². The van der Waals surface area contributed by atoms with Crippen LogP contribution >= 0.6 is 0 Å². The molecule has 4 N–H and O–H groups in total. The first-order chi connectivity index (χ1) is 20.9. The van der Waals surface area contributed by atoms with Gasteiger partial charge in [-0.25, -0.2) is 5.53 Å². The fourth-order valence-corrected chi connectivity index (χ4v) is 5.30. The maximum Gasteiger partial charge on any atom is 0.296 e. The molecule has 0 amide bonds. The van der Waals surface area contributed by atoms with E-state index >= 15 is 0 Å². The molecule has 5 aromatic rings. The van der Waals surface area contributed by atoms with Crippen LogP contribution in [0, 0.1) is 33.2 Å². The third kappa shape index (κ3) is 6.36. The van der Waals surface area contributed by atoms with Crippen LogP contribution < -0.4 is 5.32 Å². The van der Waals surface area contributed by atoms with Crippen molar-refractivity contribution < 1.29 is 18.1 Å². The largest absolute Gasteiger partial charge is 0.505 e. The molecule has 0 aromatic heterocycles. The summed E-state index contributed by atoms with van der Waals surface area (Å²) in [5.74, 6) is -0.431. The highest BCUT2D eigenvalue weighted by molar-refractivity contribution is 7.86. The second-order valence-electron chi connectivity index (χ2n) is 10.3. The Kier molecular flexibility index (Phi) is 8.30. The summed E-state index contributed by atoms with van der Waals surface area (Å²) in [5, 5.41) is 35.6. The number of hydrogen-bond acceptors (Lipinski definition) is 10. The summed E-state index contributed by atoms with van der Waals surface area (Å²) >= 11 is 0. The quantitative estimate of drug-likeness (QED) is 0.101. The molecule has 0 saturated carbocycles. The van der Waals surface area contributed by atoms with Gasteiger partial charge in [-0.2, -0.15) is 28.9 Å². The van der Waals surface area contributed by atoms with Gasteiger partial charge in [-0.3, -0.25) is 4.55 Å². The normalized spacial score (nSPS) is 11.9. The van der Waals surface area contributed by atoms with Crippen LogP contribution in [-0.2, 0) is 10.1 Å². The van der Waals surface area contributed by atoms with Gasteiger partial charge in [0.2, 0.25) is 0 Å². The van der Waals surface area contributed by atoms with E-state index in [-0.39, 0.29) is 5.69 Å². The second-order valence-corrected chi connectivity index (χ2v) is 11.7. The number of azo groups is 2. The molecule has 11 nitrogen and oxygen atoms in total. The number of phenols is 1. The number of aryl methyl sites for hydroxylation is 4. The van der Waals surface area contributed by atoms with Crippen LogP contribution in [0.5, 0.6) is 5.75 Å². The fraction of sp³-hybridized carbons (Fsp3) is 0.125. The van der Waals surface area contributed by atoms with E-state index in [9.17, 15) is 18.1 Å². The predicted molar refractivity (Wildman–Crippen MR) is 170 cm³/mol. The first-order valence-corrected chi connectivity index (χ1v) is 14.9. The molecule has 12 heteroatoms. The number of anilines is 2. The third-order valence-corrected chi connectivity index (χ3v) is 7.93. The molecule has 0 spiro atoms. The summed E-state index contributed by atoms with van der Waals surface area (Å²) in [4.78, 5) is -0.571. The molecule has 5 rings (SSSR count). The van der Waals surface area contributed by atoms with Crippen LogP contribution in [-0.4, -0.2) is 18.1 Å². The van der Waals surface area contributed by atoms with Crippen molar-refractivity contribution in [3.63, 3.8) is 0 Å². The lowest BCUT2D eigenvalue weighted by molar-refractivity contribution is 0.472. The predicted octanol–water partition coefficient (Wildman–Crippen LogP) is 10.3. The highest BCUT2D eigenvalue weighted by Gasteiger charge is 2.22. The van der Waals surface area contributed by atoms with Crippen molar-refractivity contribution in [1.82, 2.24) is 0 Å². The summed E-state index contributed by atoms with van der Waals surface area (Å²) in [6, 6.07) is 22.8. The first kappa shape index (κ1) is 30.1. The van der Waals surface area contributed by atoms with E-state index in [1.165, 1.54) is 6.07 Å². The lowest BCUT2D eigenvalue weighted by atomic mass is 10.1. The van der Waals surface area contributed by atoms with Crippen LogP contribution in [0.25, 0.3) is 10.8 Å². The topological polar surface area (TPSA) is 172 Å². The van der Waals surface area contributed by atoms with E-state index in [0.717, 1.165) is 22.4 Å². The Balaban J connectivity index is 1.49. The van der Waals surface area contributed by atoms with Gasteiger partial charge in [0.25, 0.3) is 10.1 Å². The zero-order valence-electron chi connectivity index (χ0n) is 24.4. The summed E-state index contributed by atoms with van der Waals surface area (Å²) < 4.78 is 34.7. The molecule has 0 bridgehead atoms. The standard InChI is InChI=1S/C32H29N7O4S/c1-18-13-27(19(2)12-26(18)35-33)36-37-28-14-21(4)29(15-20(28)3)38-39-31-30(44(41,42)43)17-22-16-24(10-11-25(22)32(31)40)34-23-8-6-5-7-9-23/h5-17,33-34,40H,1-4H3,(H,41,42,43). The van der Waals surface area contributed by atoms with Crippen molar-refractivity contribution in [3.8, 4) is 5.75 Å². The number of rotatable bonds is 8. The molecule has 0 radical (unpaired) electrons. The molecule has 222 valence electrons. The molecule has 0 aliphatic rings. The number of benzene rings is 5. The Morgan fingerprint density at radius 3 is 1.73 bits per heavy atom. The molecular formula is C32H29N7O4S. The Labute approximate surface area is 254 Å². The minimum absolute atomic E-state index is 0.337. The van der Waals surface area contributed by atoms with E-state index in [1.807, 2.05) is 57.2 Å². The minimum atomic E-state index is -4.77. The Morgan fingerprint density at radius 2 is 1.18 bits per heavy atom. The highest BCUT2D eigenvalue weighted by Crippen LogP contribution is 2.43.